The maximum atomic E-state index is 13.5. The molecule has 108 valence electrons. The Morgan fingerprint density at radius 2 is 2.00 bits per heavy atom. The summed E-state index contributed by atoms with van der Waals surface area (Å²) in [6, 6.07) is 8.26. The third kappa shape index (κ3) is 3.34. The molecule has 6 heteroatoms. The highest BCUT2D eigenvalue weighted by Gasteiger charge is 2.21. The lowest BCUT2D eigenvalue weighted by Gasteiger charge is -2.08. The van der Waals surface area contributed by atoms with Gasteiger partial charge in [0.2, 0.25) is 0 Å². The van der Waals surface area contributed by atoms with Gasteiger partial charge in [-0.05, 0) is 37.1 Å². The predicted octanol–water partition coefficient (Wildman–Crippen LogP) is 3.19. The van der Waals surface area contributed by atoms with Crippen LogP contribution in [0.15, 0.2) is 36.4 Å². The number of amides is 1. The Balaban J connectivity index is 1.76. The van der Waals surface area contributed by atoms with Gasteiger partial charge in [0.05, 0.1) is 5.69 Å². The van der Waals surface area contributed by atoms with Crippen molar-refractivity contribution in [2.75, 3.05) is 10.6 Å². The summed E-state index contributed by atoms with van der Waals surface area (Å²) in [5.74, 6) is -1.30. The molecule has 0 atom stereocenters. The van der Waals surface area contributed by atoms with Crippen LogP contribution in [0.3, 0.4) is 0 Å². The third-order valence-corrected chi connectivity index (χ3v) is 3.09. The van der Waals surface area contributed by atoms with Gasteiger partial charge in [0.15, 0.2) is 0 Å². The highest BCUT2D eigenvalue weighted by Crippen LogP contribution is 2.23. The minimum atomic E-state index is -0.697. The van der Waals surface area contributed by atoms with Crippen LogP contribution in [0.5, 0.6) is 0 Å². The van der Waals surface area contributed by atoms with E-state index in [0.717, 1.165) is 31.0 Å². The first-order chi connectivity index (χ1) is 10.1. The van der Waals surface area contributed by atoms with Gasteiger partial charge < -0.3 is 10.6 Å². The number of nitrogens with zero attached hydrogens (tertiary/aromatic N) is 1. The number of pyridine rings is 1. The van der Waals surface area contributed by atoms with Crippen molar-refractivity contribution >= 4 is 17.4 Å². The maximum Gasteiger partial charge on any atom is 0.274 e. The van der Waals surface area contributed by atoms with Crippen molar-refractivity contribution in [2.24, 2.45) is 0 Å². The Morgan fingerprint density at radius 3 is 2.76 bits per heavy atom. The van der Waals surface area contributed by atoms with Crippen LogP contribution >= 0.6 is 0 Å². The predicted molar refractivity (Wildman–Crippen MR) is 75.2 cm³/mol. The molecule has 1 saturated carbocycles. The number of nitrogens with one attached hydrogen (secondary N) is 2. The van der Waals surface area contributed by atoms with Crippen molar-refractivity contribution in [3.63, 3.8) is 0 Å². The van der Waals surface area contributed by atoms with Gasteiger partial charge in [-0.15, -0.1) is 0 Å². The monoisotopic (exact) mass is 289 g/mol. The first kappa shape index (κ1) is 13.5. The molecule has 0 bridgehead atoms. The van der Waals surface area contributed by atoms with Crippen molar-refractivity contribution in [1.82, 2.24) is 4.98 Å². The Morgan fingerprint density at radius 1 is 1.19 bits per heavy atom. The number of rotatable bonds is 4. The van der Waals surface area contributed by atoms with Crippen molar-refractivity contribution in [1.29, 1.82) is 0 Å². The molecule has 0 unspecified atom stereocenters. The lowest BCUT2D eigenvalue weighted by Crippen LogP contribution is -2.16. The van der Waals surface area contributed by atoms with Gasteiger partial charge in [0.1, 0.15) is 23.1 Å². The number of anilines is 2. The van der Waals surface area contributed by atoms with Gasteiger partial charge in [0.25, 0.3) is 5.91 Å². The SMILES string of the molecule is O=C(Nc1cc(F)ccc1F)c1cccc(NC2CC2)n1. The third-order valence-electron chi connectivity index (χ3n) is 3.09. The minimum Gasteiger partial charge on any atom is -0.367 e. The summed E-state index contributed by atoms with van der Waals surface area (Å²) >= 11 is 0. The van der Waals surface area contributed by atoms with E-state index in [1.807, 2.05) is 0 Å². The molecule has 1 aliphatic rings. The zero-order chi connectivity index (χ0) is 14.8. The molecule has 0 saturated heterocycles. The normalized spacial score (nSPS) is 13.8. The fourth-order valence-corrected chi connectivity index (χ4v) is 1.86. The average Bonchev–Trinajstić information content (AvgIpc) is 3.27. The summed E-state index contributed by atoms with van der Waals surface area (Å²) < 4.78 is 26.6. The maximum absolute atomic E-state index is 13.5. The zero-order valence-corrected chi connectivity index (χ0v) is 11.1. The molecule has 1 aromatic heterocycles. The van der Waals surface area contributed by atoms with E-state index < -0.39 is 17.5 Å². The molecule has 2 N–H and O–H groups in total. The summed E-state index contributed by atoms with van der Waals surface area (Å²) in [6.07, 6.45) is 2.18. The molecule has 1 aliphatic carbocycles. The molecule has 0 spiro atoms. The first-order valence-corrected chi connectivity index (χ1v) is 6.62. The second kappa shape index (κ2) is 5.47. The topological polar surface area (TPSA) is 54.0 Å². The summed E-state index contributed by atoms with van der Waals surface area (Å²) in [6.45, 7) is 0. The quantitative estimate of drug-likeness (QED) is 0.909. The van der Waals surface area contributed by atoms with Crippen LogP contribution in [0.25, 0.3) is 0 Å². The molecule has 21 heavy (non-hydrogen) atoms. The molecule has 1 aromatic carbocycles. The van der Waals surface area contributed by atoms with Crippen molar-refractivity contribution in [3.8, 4) is 0 Å². The van der Waals surface area contributed by atoms with Gasteiger partial charge >= 0.3 is 0 Å². The number of halogens is 2. The Labute approximate surface area is 120 Å². The average molecular weight is 289 g/mol. The number of hydrogen-bond acceptors (Lipinski definition) is 3. The lowest BCUT2D eigenvalue weighted by atomic mass is 10.2. The van der Waals surface area contributed by atoms with Crippen molar-refractivity contribution in [3.05, 3.63) is 53.7 Å². The molecule has 1 fully saturated rings. The van der Waals surface area contributed by atoms with Crippen LogP contribution < -0.4 is 10.6 Å². The highest BCUT2D eigenvalue weighted by molar-refractivity contribution is 6.03. The largest absolute Gasteiger partial charge is 0.367 e. The summed E-state index contributed by atoms with van der Waals surface area (Å²) in [7, 11) is 0. The summed E-state index contributed by atoms with van der Waals surface area (Å²) in [4.78, 5) is 16.2. The number of benzene rings is 1. The van der Waals surface area contributed by atoms with Gasteiger partial charge in [0, 0.05) is 12.1 Å². The number of aromatic nitrogens is 1. The second-order valence-electron chi connectivity index (χ2n) is 4.90. The molecule has 4 nitrogen and oxygen atoms in total. The smallest absolute Gasteiger partial charge is 0.274 e. The lowest BCUT2D eigenvalue weighted by molar-refractivity contribution is 0.102. The molecule has 3 rings (SSSR count). The van der Waals surface area contributed by atoms with E-state index in [-0.39, 0.29) is 11.4 Å². The van der Waals surface area contributed by atoms with Crippen LogP contribution in [0.2, 0.25) is 0 Å². The van der Waals surface area contributed by atoms with Crippen molar-refractivity contribution < 1.29 is 13.6 Å². The molecule has 0 aliphatic heterocycles. The van der Waals surface area contributed by atoms with Gasteiger partial charge in [-0.2, -0.15) is 0 Å². The van der Waals surface area contributed by atoms with Crippen LogP contribution in [0.4, 0.5) is 20.3 Å². The van der Waals surface area contributed by atoms with E-state index in [9.17, 15) is 13.6 Å². The van der Waals surface area contributed by atoms with Crippen molar-refractivity contribution in [2.45, 2.75) is 18.9 Å². The second-order valence-corrected chi connectivity index (χ2v) is 4.90. The van der Waals surface area contributed by atoms with Gasteiger partial charge in [-0.3, -0.25) is 4.79 Å². The molecule has 0 radical (unpaired) electrons. The molecule has 1 heterocycles. The summed E-state index contributed by atoms with van der Waals surface area (Å²) in [5.41, 5.74) is -0.0633. The fraction of sp³-hybridized carbons (Fsp3) is 0.200. The van der Waals surface area contributed by atoms with E-state index in [1.165, 1.54) is 6.07 Å². The zero-order valence-electron chi connectivity index (χ0n) is 11.1. The van der Waals surface area contributed by atoms with Crippen LogP contribution in [-0.2, 0) is 0 Å². The van der Waals surface area contributed by atoms with E-state index in [1.54, 1.807) is 12.1 Å². The Bertz CT molecular complexity index is 686. The van der Waals surface area contributed by atoms with E-state index in [4.69, 9.17) is 0 Å². The minimum absolute atomic E-state index is 0.143. The number of hydrogen-bond donors (Lipinski definition) is 2. The Hall–Kier alpha value is -2.50. The van der Waals surface area contributed by atoms with E-state index >= 15 is 0 Å². The van der Waals surface area contributed by atoms with E-state index in [2.05, 4.69) is 15.6 Å². The standard InChI is InChI=1S/C15H13F2N3O/c16-9-4-7-11(17)13(8-9)20-15(21)12-2-1-3-14(19-12)18-10-5-6-10/h1-4,7-8,10H,5-6H2,(H,18,19)(H,20,21). The number of carbonyl (C=O) groups is 1. The van der Waals surface area contributed by atoms with Crippen LogP contribution in [-0.4, -0.2) is 16.9 Å². The van der Waals surface area contributed by atoms with Gasteiger partial charge in [-0.25, -0.2) is 13.8 Å². The fourth-order valence-electron chi connectivity index (χ4n) is 1.86. The first-order valence-electron chi connectivity index (χ1n) is 6.62. The van der Waals surface area contributed by atoms with Crippen LogP contribution in [0.1, 0.15) is 23.3 Å². The van der Waals surface area contributed by atoms with Crippen LogP contribution in [0, 0.1) is 11.6 Å². The molecule has 1 amide bonds. The molecule has 2 aromatic rings. The van der Waals surface area contributed by atoms with Gasteiger partial charge in [-0.1, -0.05) is 6.07 Å². The number of carbonyl (C=O) groups excluding carboxylic acids is 1. The highest BCUT2D eigenvalue weighted by atomic mass is 19.1. The van der Waals surface area contributed by atoms with E-state index in [0.29, 0.717) is 11.9 Å². The molecular formula is C15H13F2N3O. The molecular weight excluding hydrogens is 276 g/mol. The summed E-state index contributed by atoms with van der Waals surface area (Å²) in [5, 5.41) is 5.49. The Kier molecular flexibility index (Phi) is 3.51.